The van der Waals surface area contributed by atoms with Gasteiger partial charge in [-0.15, -0.1) is 0 Å². The van der Waals surface area contributed by atoms with Gasteiger partial charge < -0.3 is 9.64 Å². The van der Waals surface area contributed by atoms with Crippen molar-refractivity contribution in [1.82, 2.24) is 14.7 Å². The van der Waals surface area contributed by atoms with Crippen LogP contribution in [0.25, 0.3) is 0 Å². The van der Waals surface area contributed by atoms with Crippen LogP contribution in [0.2, 0.25) is 0 Å². The second-order valence-corrected chi connectivity index (χ2v) is 8.92. The molecule has 1 fully saturated rings. The number of fused-ring (bicyclic) bond motifs is 1. The maximum Gasteiger partial charge on any atom is 0.261 e. The zero-order valence-corrected chi connectivity index (χ0v) is 19.7. The van der Waals surface area contributed by atoms with Crippen molar-refractivity contribution in [1.29, 1.82) is 5.26 Å². The minimum Gasteiger partial charge on any atom is -0.496 e. The number of nitriles is 1. The van der Waals surface area contributed by atoms with Crippen LogP contribution in [0.5, 0.6) is 5.75 Å². The number of amides is 3. The Hall–Kier alpha value is -3.70. The number of benzene rings is 2. The molecule has 0 radical (unpaired) electrons. The summed E-state index contributed by atoms with van der Waals surface area (Å²) in [6, 6.07) is 14.1. The second-order valence-electron chi connectivity index (χ2n) is 8.92. The molecule has 0 aliphatic carbocycles. The third kappa shape index (κ3) is 4.27. The highest BCUT2D eigenvalue weighted by molar-refractivity contribution is 6.21. The van der Waals surface area contributed by atoms with Crippen molar-refractivity contribution >= 4 is 17.7 Å². The third-order valence-electron chi connectivity index (χ3n) is 6.47. The van der Waals surface area contributed by atoms with Crippen molar-refractivity contribution < 1.29 is 19.1 Å². The van der Waals surface area contributed by atoms with Gasteiger partial charge in [0.15, 0.2) is 0 Å². The minimum atomic E-state index is -0.336. The average Bonchev–Trinajstić information content (AvgIpc) is 3.09. The summed E-state index contributed by atoms with van der Waals surface area (Å²) in [4.78, 5) is 43.9. The molecular weight excluding hydrogens is 432 g/mol. The number of carbonyl (C=O) groups is 3. The van der Waals surface area contributed by atoms with Gasteiger partial charge in [0.1, 0.15) is 11.8 Å². The maximum atomic E-state index is 13.4. The fourth-order valence-electron chi connectivity index (χ4n) is 4.61. The first-order valence-electron chi connectivity index (χ1n) is 11.4. The van der Waals surface area contributed by atoms with Gasteiger partial charge in [0, 0.05) is 26.2 Å². The molecule has 2 aliphatic rings. The lowest BCUT2D eigenvalue weighted by atomic mass is 10.0. The molecule has 0 saturated carbocycles. The van der Waals surface area contributed by atoms with Crippen LogP contribution in [0.15, 0.2) is 42.5 Å². The molecule has 2 aromatic carbocycles. The van der Waals surface area contributed by atoms with E-state index in [2.05, 4.69) is 11.0 Å². The van der Waals surface area contributed by atoms with E-state index >= 15 is 0 Å². The molecule has 2 heterocycles. The van der Waals surface area contributed by atoms with E-state index in [1.807, 2.05) is 13.8 Å². The monoisotopic (exact) mass is 460 g/mol. The fourth-order valence-corrected chi connectivity index (χ4v) is 4.61. The van der Waals surface area contributed by atoms with Crippen molar-refractivity contribution in [3.8, 4) is 11.8 Å². The van der Waals surface area contributed by atoms with Crippen LogP contribution >= 0.6 is 0 Å². The van der Waals surface area contributed by atoms with E-state index in [-0.39, 0.29) is 36.2 Å². The van der Waals surface area contributed by atoms with E-state index < -0.39 is 0 Å². The van der Waals surface area contributed by atoms with E-state index in [0.717, 1.165) is 0 Å². The maximum absolute atomic E-state index is 13.4. The van der Waals surface area contributed by atoms with Gasteiger partial charge in [0.25, 0.3) is 17.7 Å². The lowest BCUT2D eigenvalue weighted by Gasteiger charge is -2.38. The summed E-state index contributed by atoms with van der Waals surface area (Å²) in [6.07, 6.45) is 0. The standard InChI is InChI=1S/C26H28N4O4/c1-17(2)22(15-27)28-10-12-29(13-11-28)24(31)21-14-18(8-9-23(21)34-3)16-30-25(32)19-6-4-5-7-20(19)26(30)33/h4-9,14,17,22H,10-13,16H2,1-3H3. The predicted octanol–water partition coefficient (Wildman–Crippen LogP) is 2.80. The number of hydrogen-bond acceptors (Lipinski definition) is 6. The van der Waals surface area contributed by atoms with E-state index in [0.29, 0.717) is 54.2 Å². The van der Waals surface area contributed by atoms with Crippen LogP contribution < -0.4 is 4.74 Å². The molecule has 176 valence electrons. The number of ether oxygens (including phenoxy) is 1. The molecule has 0 bridgehead atoms. The summed E-state index contributed by atoms with van der Waals surface area (Å²) in [7, 11) is 1.51. The Morgan fingerprint density at radius 1 is 1.03 bits per heavy atom. The van der Waals surface area contributed by atoms with E-state index in [4.69, 9.17) is 4.74 Å². The number of methoxy groups -OCH3 is 1. The SMILES string of the molecule is COc1ccc(CN2C(=O)c3ccccc3C2=O)cc1C(=O)N1CCN(C(C#N)C(C)C)CC1. The highest BCUT2D eigenvalue weighted by atomic mass is 16.5. The first-order chi connectivity index (χ1) is 16.3. The molecule has 8 nitrogen and oxygen atoms in total. The van der Waals surface area contributed by atoms with Gasteiger partial charge in [-0.3, -0.25) is 24.2 Å². The van der Waals surface area contributed by atoms with Crippen LogP contribution in [0.1, 0.15) is 50.5 Å². The molecular formula is C26H28N4O4. The zero-order valence-electron chi connectivity index (χ0n) is 19.7. The molecule has 4 rings (SSSR count). The lowest BCUT2D eigenvalue weighted by molar-refractivity contribution is 0.0573. The van der Waals surface area contributed by atoms with Crippen molar-refractivity contribution in [3.63, 3.8) is 0 Å². The van der Waals surface area contributed by atoms with Crippen LogP contribution in [0.4, 0.5) is 0 Å². The molecule has 2 aromatic rings. The molecule has 1 atom stereocenters. The van der Waals surface area contributed by atoms with Gasteiger partial charge in [-0.1, -0.05) is 32.0 Å². The highest BCUT2D eigenvalue weighted by Gasteiger charge is 2.35. The number of hydrogen-bond donors (Lipinski definition) is 0. The van der Waals surface area contributed by atoms with Crippen molar-refractivity contribution in [2.45, 2.75) is 26.4 Å². The molecule has 34 heavy (non-hydrogen) atoms. The normalized spacial score (nSPS) is 17.0. The minimum absolute atomic E-state index is 0.0721. The lowest BCUT2D eigenvalue weighted by Crippen LogP contribution is -2.52. The van der Waals surface area contributed by atoms with Crippen LogP contribution in [-0.4, -0.2) is 71.8 Å². The van der Waals surface area contributed by atoms with Crippen LogP contribution in [0, 0.1) is 17.2 Å². The Bertz CT molecular complexity index is 1130. The Morgan fingerprint density at radius 2 is 1.65 bits per heavy atom. The molecule has 0 spiro atoms. The third-order valence-corrected chi connectivity index (χ3v) is 6.47. The first kappa shape index (κ1) is 23.5. The molecule has 1 unspecified atom stereocenters. The van der Waals surface area contributed by atoms with Crippen molar-refractivity contribution in [2.24, 2.45) is 5.92 Å². The topological polar surface area (TPSA) is 93.9 Å². The number of nitrogens with zero attached hydrogens (tertiary/aromatic N) is 4. The average molecular weight is 461 g/mol. The van der Waals surface area contributed by atoms with Gasteiger partial charge in [0.05, 0.1) is 36.4 Å². The van der Waals surface area contributed by atoms with E-state index in [1.165, 1.54) is 12.0 Å². The molecule has 8 heteroatoms. The first-order valence-corrected chi connectivity index (χ1v) is 11.4. The van der Waals surface area contributed by atoms with Crippen molar-refractivity contribution in [3.05, 3.63) is 64.7 Å². The molecule has 1 saturated heterocycles. The number of imide groups is 1. The number of piperazine rings is 1. The number of rotatable bonds is 6. The van der Waals surface area contributed by atoms with Crippen LogP contribution in [0.3, 0.4) is 0 Å². The fraction of sp³-hybridized carbons (Fsp3) is 0.385. The summed E-state index contributed by atoms with van der Waals surface area (Å²) in [5.41, 5.74) is 1.85. The van der Waals surface area contributed by atoms with E-state index in [9.17, 15) is 19.6 Å². The summed E-state index contributed by atoms with van der Waals surface area (Å²) in [6.45, 7) is 6.39. The zero-order chi connectivity index (χ0) is 24.4. The summed E-state index contributed by atoms with van der Waals surface area (Å²) >= 11 is 0. The van der Waals surface area contributed by atoms with Gasteiger partial charge in [-0.05, 0) is 35.7 Å². The number of carbonyl (C=O) groups excluding carboxylic acids is 3. The molecule has 0 aromatic heterocycles. The summed E-state index contributed by atoms with van der Waals surface area (Å²) in [5.74, 6) is -0.184. The Morgan fingerprint density at radius 3 is 2.18 bits per heavy atom. The van der Waals surface area contributed by atoms with E-state index in [1.54, 1.807) is 47.4 Å². The molecule has 0 N–H and O–H groups in total. The van der Waals surface area contributed by atoms with Crippen molar-refractivity contribution in [2.75, 3.05) is 33.3 Å². The summed E-state index contributed by atoms with van der Waals surface area (Å²) in [5, 5.41) is 9.47. The molecule has 2 aliphatic heterocycles. The quantitative estimate of drug-likeness (QED) is 0.616. The van der Waals surface area contributed by atoms with Gasteiger partial charge in [-0.2, -0.15) is 5.26 Å². The molecule has 3 amide bonds. The predicted molar refractivity (Wildman–Crippen MR) is 125 cm³/mol. The highest BCUT2D eigenvalue weighted by Crippen LogP contribution is 2.27. The van der Waals surface area contributed by atoms with Gasteiger partial charge in [0.2, 0.25) is 0 Å². The van der Waals surface area contributed by atoms with Crippen LogP contribution in [-0.2, 0) is 6.54 Å². The Labute approximate surface area is 199 Å². The smallest absolute Gasteiger partial charge is 0.261 e. The van der Waals surface area contributed by atoms with Gasteiger partial charge >= 0.3 is 0 Å². The van der Waals surface area contributed by atoms with Gasteiger partial charge in [-0.25, -0.2) is 0 Å². The Kier molecular flexibility index (Phi) is 6.66. The largest absolute Gasteiger partial charge is 0.496 e. The second kappa shape index (κ2) is 9.65. The summed E-state index contributed by atoms with van der Waals surface area (Å²) < 4.78 is 5.43. The Balaban J connectivity index is 1.50.